The van der Waals surface area contributed by atoms with Gasteiger partial charge in [0, 0.05) is 12.6 Å². The molecule has 7 nitrogen and oxygen atoms in total. The first-order chi connectivity index (χ1) is 14.5. The topological polar surface area (TPSA) is 67.1 Å². The van der Waals surface area contributed by atoms with E-state index in [0.717, 1.165) is 11.3 Å². The van der Waals surface area contributed by atoms with Crippen LogP contribution in [-0.2, 0) is 11.9 Å². The number of ether oxygens (including phenoxy) is 3. The zero-order chi connectivity index (χ0) is 21.5. The van der Waals surface area contributed by atoms with Crippen molar-refractivity contribution in [3.63, 3.8) is 0 Å². The van der Waals surface area contributed by atoms with Crippen molar-refractivity contribution in [2.45, 2.75) is 13.8 Å². The third-order valence-electron chi connectivity index (χ3n) is 4.03. The fraction of sp³-hybridized carbons (Fsp3) is 0.182. The van der Waals surface area contributed by atoms with E-state index >= 15 is 0 Å². The van der Waals surface area contributed by atoms with Gasteiger partial charge in [-0.15, -0.1) is 0 Å². The molecule has 0 amide bonds. The lowest BCUT2D eigenvalue weighted by molar-refractivity contribution is 0.215. The molecule has 1 heterocycles. The quantitative estimate of drug-likeness (QED) is 0.259. The van der Waals surface area contributed by atoms with Crippen LogP contribution in [0.1, 0.15) is 18.2 Å². The SMILES string of the molecule is CO/N=C/c1c(C)nn(C)c1Oc1ccc(Oc2ccc(O/C(C)=C/Cl)cc2)cc1. The van der Waals surface area contributed by atoms with Crippen LogP contribution in [0.4, 0.5) is 0 Å². The lowest BCUT2D eigenvalue weighted by Gasteiger charge is -2.10. The van der Waals surface area contributed by atoms with Crippen molar-refractivity contribution in [1.29, 1.82) is 0 Å². The summed E-state index contributed by atoms with van der Waals surface area (Å²) in [6.45, 7) is 3.66. The molecular formula is C22H22ClN3O4. The number of allylic oxidation sites excluding steroid dienone is 1. The van der Waals surface area contributed by atoms with Crippen LogP contribution in [0.2, 0.25) is 0 Å². The lowest BCUT2D eigenvalue weighted by atomic mass is 10.2. The summed E-state index contributed by atoms with van der Waals surface area (Å²) >= 11 is 5.61. The molecule has 0 spiro atoms. The van der Waals surface area contributed by atoms with Gasteiger partial charge < -0.3 is 19.0 Å². The molecule has 0 aliphatic carbocycles. The van der Waals surface area contributed by atoms with Gasteiger partial charge in [0.15, 0.2) is 0 Å². The maximum atomic E-state index is 5.99. The van der Waals surface area contributed by atoms with Crippen LogP contribution >= 0.6 is 11.6 Å². The molecule has 8 heteroatoms. The van der Waals surface area contributed by atoms with Gasteiger partial charge in [-0.2, -0.15) is 5.10 Å². The highest BCUT2D eigenvalue weighted by Crippen LogP contribution is 2.30. The molecule has 156 valence electrons. The van der Waals surface area contributed by atoms with E-state index in [9.17, 15) is 0 Å². The predicted molar refractivity (Wildman–Crippen MR) is 116 cm³/mol. The molecule has 1 aromatic heterocycles. The minimum atomic E-state index is 0.568. The Morgan fingerprint density at radius 3 is 2.03 bits per heavy atom. The van der Waals surface area contributed by atoms with Gasteiger partial charge in [-0.3, -0.25) is 0 Å². The maximum Gasteiger partial charge on any atom is 0.226 e. The van der Waals surface area contributed by atoms with E-state index in [2.05, 4.69) is 10.3 Å². The number of nitrogens with zero attached hydrogens (tertiary/aromatic N) is 3. The van der Waals surface area contributed by atoms with E-state index in [1.165, 1.54) is 12.6 Å². The summed E-state index contributed by atoms with van der Waals surface area (Å²) in [5, 5.41) is 8.17. The summed E-state index contributed by atoms with van der Waals surface area (Å²) in [6, 6.07) is 14.6. The maximum absolute atomic E-state index is 5.99. The summed E-state index contributed by atoms with van der Waals surface area (Å²) < 4.78 is 19.0. The first-order valence-corrected chi connectivity index (χ1v) is 9.54. The number of benzene rings is 2. The average Bonchev–Trinajstić information content (AvgIpc) is 3.01. The molecule has 0 saturated heterocycles. The molecule has 0 fully saturated rings. The first kappa shape index (κ1) is 21.3. The largest absolute Gasteiger partial charge is 0.461 e. The van der Waals surface area contributed by atoms with Gasteiger partial charge in [-0.05, 0) is 62.4 Å². The molecule has 2 aromatic carbocycles. The van der Waals surface area contributed by atoms with Crippen LogP contribution in [0.25, 0.3) is 0 Å². The molecule has 0 aliphatic heterocycles. The fourth-order valence-electron chi connectivity index (χ4n) is 2.64. The van der Waals surface area contributed by atoms with Gasteiger partial charge in [-0.25, -0.2) is 4.68 Å². The van der Waals surface area contributed by atoms with Gasteiger partial charge in [0.25, 0.3) is 0 Å². The van der Waals surface area contributed by atoms with Crippen LogP contribution in [-0.4, -0.2) is 23.1 Å². The lowest BCUT2D eigenvalue weighted by Crippen LogP contribution is -1.97. The number of aromatic nitrogens is 2. The molecule has 0 unspecified atom stereocenters. The van der Waals surface area contributed by atoms with E-state index in [-0.39, 0.29) is 0 Å². The molecule has 0 bridgehead atoms. The number of halogens is 1. The molecule has 0 radical (unpaired) electrons. The van der Waals surface area contributed by atoms with E-state index in [4.69, 9.17) is 30.6 Å². The fourth-order valence-corrected chi connectivity index (χ4v) is 2.68. The molecule has 30 heavy (non-hydrogen) atoms. The van der Waals surface area contributed by atoms with Crippen LogP contribution in [0.15, 0.2) is 65.0 Å². The molecule has 0 saturated carbocycles. The highest BCUT2D eigenvalue weighted by molar-refractivity contribution is 6.25. The molecule has 0 aliphatic rings. The molecule has 0 atom stereocenters. The second-order valence-electron chi connectivity index (χ2n) is 6.31. The summed E-state index contributed by atoms with van der Waals surface area (Å²) in [4.78, 5) is 4.76. The van der Waals surface area contributed by atoms with Gasteiger partial charge in [0.1, 0.15) is 35.9 Å². The van der Waals surface area contributed by atoms with Gasteiger partial charge in [0.2, 0.25) is 5.88 Å². The van der Waals surface area contributed by atoms with Crippen molar-refractivity contribution in [3.05, 3.63) is 71.1 Å². The number of rotatable bonds is 8. The van der Waals surface area contributed by atoms with Gasteiger partial charge >= 0.3 is 0 Å². The Morgan fingerprint density at radius 2 is 1.50 bits per heavy atom. The highest BCUT2D eigenvalue weighted by Gasteiger charge is 2.14. The van der Waals surface area contributed by atoms with Gasteiger partial charge in [0.05, 0.1) is 17.5 Å². The second kappa shape index (κ2) is 9.84. The monoisotopic (exact) mass is 427 g/mol. The first-order valence-electron chi connectivity index (χ1n) is 9.11. The van der Waals surface area contributed by atoms with Crippen molar-refractivity contribution in [1.82, 2.24) is 9.78 Å². The molecule has 0 N–H and O–H groups in total. The molecular weight excluding hydrogens is 406 g/mol. The summed E-state index contributed by atoms with van der Waals surface area (Å²) in [6.07, 6.45) is 1.58. The predicted octanol–water partition coefficient (Wildman–Crippen LogP) is 5.77. The van der Waals surface area contributed by atoms with Crippen molar-refractivity contribution < 1.29 is 19.0 Å². The van der Waals surface area contributed by atoms with Crippen molar-refractivity contribution >= 4 is 17.8 Å². The Hall–Kier alpha value is -3.45. The highest BCUT2D eigenvalue weighted by atomic mass is 35.5. The van der Waals surface area contributed by atoms with Crippen molar-refractivity contribution in [2.24, 2.45) is 12.2 Å². The third-order valence-corrected chi connectivity index (χ3v) is 4.34. The number of hydrogen-bond donors (Lipinski definition) is 0. The van der Waals surface area contributed by atoms with E-state index in [1.54, 1.807) is 17.8 Å². The van der Waals surface area contributed by atoms with E-state index < -0.39 is 0 Å². The summed E-state index contributed by atoms with van der Waals surface area (Å²) in [5.74, 6) is 3.86. The number of hydrogen-bond acceptors (Lipinski definition) is 6. The normalized spacial score (nSPS) is 11.6. The standard InChI is InChI=1S/C22H22ClN3O4/c1-15(13-23)28-17-5-7-18(8-6-17)29-19-9-11-20(12-10-19)30-22-21(14-24-27-4)16(2)25-26(22)3/h5-14H,1-4H3/b15-13+,24-14+. The molecule has 3 rings (SSSR count). The van der Waals surface area contributed by atoms with Crippen molar-refractivity contribution in [3.8, 4) is 28.9 Å². The van der Waals surface area contributed by atoms with Crippen LogP contribution in [0.5, 0.6) is 28.9 Å². The van der Waals surface area contributed by atoms with E-state index in [0.29, 0.717) is 34.6 Å². The van der Waals surface area contributed by atoms with Crippen LogP contribution in [0.3, 0.4) is 0 Å². The Bertz CT molecular complexity index is 1040. The Balaban J connectivity index is 1.68. The van der Waals surface area contributed by atoms with Crippen LogP contribution in [0, 0.1) is 6.92 Å². The van der Waals surface area contributed by atoms with Crippen molar-refractivity contribution in [2.75, 3.05) is 7.11 Å². The Morgan fingerprint density at radius 1 is 0.967 bits per heavy atom. The zero-order valence-electron chi connectivity index (χ0n) is 17.1. The Kier molecular flexibility index (Phi) is 6.98. The average molecular weight is 428 g/mol. The molecule has 3 aromatic rings. The smallest absolute Gasteiger partial charge is 0.226 e. The number of oxime groups is 1. The minimum Gasteiger partial charge on any atom is -0.461 e. The zero-order valence-corrected chi connectivity index (χ0v) is 17.9. The minimum absolute atomic E-state index is 0.568. The van der Waals surface area contributed by atoms with Crippen LogP contribution < -0.4 is 14.2 Å². The summed E-state index contributed by atoms with van der Waals surface area (Å²) in [5.41, 5.74) is 2.92. The summed E-state index contributed by atoms with van der Waals surface area (Å²) in [7, 11) is 3.29. The second-order valence-corrected chi connectivity index (χ2v) is 6.53. The van der Waals surface area contributed by atoms with E-state index in [1.807, 2.05) is 62.5 Å². The van der Waals surface area contributed by atoms with Gasteiger partial charge in [-0.1, -0.05) is 16.8 Å². The third kappa shape index (κ3) is 5.33. The number of aryl methyl sites for hydroxylation is 2. The Labute approximate surface area is 180 Å².